The summed E-state index contributed by atoms with van der Waals surface area (Å²) >= 11 is 0. The van der Waals surface area contributed by atoms with E-state index in [2.05, 4.69) is 13.8 Å². The van der Waals surface area contributed by atoms with Gasteiger partial charge < -0.3 is 4.74 Å². The van der Waals surface area contributed by atoms with Crippen molar-refractivity contribution in [1.29, 1.82) is 0 Å². The van der Waals surface area contributed by atoms with E-state index in [-0.39, 0.29) is 22.9 Å². The lowest BCUT2D eigenvalue weighted by molar-refractivity contribution is -0.157. The van der Waals surface area contributed by atoms with Crippen LogP contribution in [0.4, 0.5) is 0 Å². The SMILES string of the molecule is CC(=O)O[C@H]1CC[C@H]2[C@@H]3[C@@H]4C[C@@H]4C4=CC(=O)CC[C@]4(C)[C@H]3CC[C@]12C. The fourth-order valence-corrected chi connectivity index (χ4v) is 7.75. The number of rotatable bonds is 1. The Labute approximate surface area is 150 Å². The highest BCUT2D eigenvalue weighted by molar-refractivity contribution is 5.92. The molecule has 0 aromatic carbocycles. The van der Waals surface area contributed by atoms with E-state index in [1.807, 2.05) is 6.08 Å². The Bertz CT molecular complexity index is 679. The first-order chi connectivity index (χ1) is 11.8. The normalized spacial score (nSPS) is 53.1. The van der Waals surface area contributed by atoms with Gasteiger partial charge in [0.1, 0.15) is 6.10 Å². The summed E-state index contributed by atoms with van der Waals surface area (Å²) in [6.07, 6.45) is 9.90. The first kappa shape index (κ1) is 16.1. The van der Waals surface area contributed by atoms with E-state index in [4.69, 9.17) is 4.74 Å². The van der Waals surface area contributed by atoms with Crippen molar-refractivity contribution in [3.63, 3.8) is 0 Å². The number of allylic oxidation sites excluding steroid dienone is 1. The number of carbonyl (C=O) groups is 2. The predicted octanol–water partition coefficient (Wildman–Crippen LogP) is 4.31. The van der Waals surface area contributed by atoms with E-state index in [1.54, 1.807) is 6.92 Å². The maximum atomic E-state index is 12.0. The number of carbonyl (C=O) groups excluding carboxylic acids is 2. The molecule has 5 rings (SSSR count). The van der Waals surface area contributed by atoms with Gasteiger partial charge in [-0.05, 0) is 79.6 Å². The van der Waals surface area contributed by atoms with Crippen LogP contribution in [0, 0.1) is 40.4 Å². The summed E-state index contributed by atoms with van der Waals surface area (Å²) in [6.45, 7) is 6.40. The van der Waals surface area contributed by atoms with Gasteiger partial charge in [0.2, 0.25) is 0 Å². The number of hydrogen-bond acceptors (Lipinski definition) is 3. The smallest absolute Gasteiger partial charge is 0.302 e. The summed E-state index contributed by atoms with van der Waals surface area (Å²) in [5, 5.41) is 0. The van der Waals surface area contributed by atoms with Crippen LogP contribution in [0.1, 0.15) is 65.7 Å². The standard InChI is InChI=1S/C22H30O3/c1-12(23)25-19-5-4-16-20-15-11-14(15)18-10-13(24)6-8-21(18,2)17(20)7-9-22(16,19)3/h10,14-17,19-20H,4-9,11H2,1-3H3/t14-,15+,16-,17-,19-,20-,21+,22-/m0/s1. The van der Waals surface area contributed by atoms with Gasteiger partial charge in [-0.1, -0.05) is 19.4 Å². The summed E-state index contributed by atoms with van der Waals surface area (Å²) in [7, 11) is 0. The monoisotopic (exact) mass is 342 g/mol. The quantitative estimate of drug-likeness (QED) is 0.667. The van der Waals surface area contributed by atoms with Crippen LogP contribution in [0.3, 0.4) is 0 Å². The second kappa shape index (κ2) is 4.98. The van der Waals surface area contributed by atoms with Gasteiger partial charge in [-0.25, -0.2) is 0 Å². The van der Waals surface area contributed by atoms with Crippen molar-refractivity contribution in [2.24, 2.45) is 40.4 Å². The van der Waals surface area contributed by atoms with Crippen LogP contribution in [-0.4, -0.2) is 17.9 Å². The molecular formula is C22H30O3. The van der Waals surface area contributed by atoms with Crippen LogP contribution < -0.4 is 0 Å². The second-order valence-corrected chi connectivity index (χ2v) is 10.00. The first-order valence-corrected chi connectivity index (χ1v) is 10.3. The molecule has 0 aromatic heterocycles. The van der Waals surface area contributed by atoms with E-state index < -0.39 is 0 Å². The van der Waals surface area contributed by atoms with Crippen molar-refractivity contribution in [2.75, 3.05) is 0 Å². The maximum absolute atomic E-state index is 12.0. The molecule has 0 saturated heterocycles. The van der Waals surface area contributed by atoms with E-state index in [0.29, 0.717) is 17.6 Å². The average molecular weight is 342 g/mol. The van der Waals surface area contributed by atoms with Gasteiger partial charge in [-0.2, -0.15) is 0 Å². The van der Waals surface area contributed by atoms with Crippen LogP contribution in [0.25, 0.3) is 0 Å². The van der Waals surface area contributed by atoms with Gasteiger partial charge >= 0.3 is 5.97 Å². The van der Waals surface area contributed by atoms with E-state index in [1.165, 1.54) is 31.3 Å². The number of ether oxygens (including phenoxy) is 1. The molecule has 0 N–H and O–H groups in total. The molecule has 3 nitrogen and oxygen atoms in total. The molecule has 0 bridgehead atoms. The zero-order chi connectivity index (χ0) is 17.6. The zero-order valence-corrected chi connectivity index (χ0v) is 15.7. The Balaban J connectivity index is 1.50. The van der Waals surface area contributed by atoms with Crippen molar-refractivity contribution >= 4 is 11.8 Å². The van der Waals surface area contributed by atoms with Crippen LogP contribution in [0.5, 0.6) is 0 Å². The number of fused-ring (bicyclic) bond motifs is 8. The highest BCUT2D eigenvalue weighted by Gasteiger charge is 2.67. The third-order valence-electron chi connectivity index (χ3n) is 8.97. The molecule has 8 atom stereocenters. The number of hydrogen-bond donors (Lipinski definition) is 0. The third kappa shape index (κ3) is 2.04. The average Bonchev–Trinajstić information content (AvgIpc) is 3.27. The van der Waals surface area contributed by atoms with Crippen LogP contribution in [0.2, 0.25) is 0 Å². The van der Waals surface area contributed by atoms with E-state index >= 15 is 0 Å². The molecule has 25 heavy (non-hydrogen) atoms. The van der Waals surface area contributed by atoms with Gasteiger partial charge in [-0.3, -0.25) is 9.59 Å². The van der Waals surface area contributed by atoms with Gasteiger partial charge in [0.15, 0.2) is 5.78 Å². The molecule has 0 spiro atoms. The molecule has 0 aliphatic heterocycles. The Morgan fingerprint density at radius 2 is 1.96 bits per heavy atom. The maximum Gasteiger partial charge on any atom is 0.302 e. The lowest BCUT2D eigenvalue weighted by atomic mass is 9.47. The lowest BCUT2D eigenvalue weighted by Crippen LogP contribution is -2.52. The second-order valence-electron chi connectivity index (χ2n) is 10.00. The van der Waals surface area contributed by atoms with Crippen molar-refractivity contribution in [3.05, 3.63) is 11.6 Å². The largest absolute Gasteiger partial charge is 0.462 e. The summed E-state index contributed by atoms with van der Waals surface area (Å²) < 4.78 is 5.76. The Morgan fingerprint density at radius 1 is 1.16 bits per heavy atom. The molecule has 0 radical (unpaired) electrons. The molecule has 136 valence electrons. The molecule has 0 amide bonds. The number of ketones is 1. The van der Waals surface area contributed by atoms with Gasteiger partial charge in [0.25, 0.3) is 0 Å². The molecule has 4 fully saturated rings. The molecule has 5 aliphatic carbocycles. The molecule has 3 heteroatoms. The predicted molar refractivity (Wildman–Crippen MR) is 94.6 cm³/mol. The van der Waals surface area contributed by atoms with Crippen molar-refractivity contribution in [3.8, 4) is 0 Å². The van der Waals surface area contributed by atoms with Gasteiger partial charge in [0, 0.05) is 18.8 Å². The van der Waals surface area contributed by atoms with E-state index in [0.717, 1.165) is 37.0 Å². The third-order valence-corrected chi connectivity index (χ3v) is 8.97. The lowest BCUT2D eigenvalue weighted by Gasteiger charge is -2.57. The molecule has 0 heterocycles. The van der Waals surface area contributed by atoms with Crippen LogP contribution in [0.15, 0.2) is 11.6 Å². The van der Waals surface area contributed by atoms with Crippen molar-refractivity contribution in [1.82, 2.24) is 0 Å². The van der Waals surface area contributed by atoms with E-state index in [9.17, 15) is 9.59 Å². The minimum atomic E-state index is -0.120. The minimum Gasteiger partial charge on any atom is -0.462 e. The van der Waals surface area contributed by atoms with Gasteiger partial charge in [0.05, 0.1) is 0 Å². The Kier molecular flexibility index (Phi) is 3.21. The fourth-order valence-electron chi connectivity index (χ4n) is 7.75. The van der Waals surface area contributed by atoms with Crippen LogP contribution in [-0.2, 0) is 14.3 Å². The summed E-state index contributed by atoms with van der Waals surface area (Å²) in [4.78, 5) is 23.6. The van der Waals surface area contributed by atoms with Crippen molar-refractivity contribution < 1.29 is 14.3 Å². The first-order valence-electron chi connectivity index (χ1n) is 10.3. The van der Waals surface area contributed by atoms with Gasteiger partial charge in [-0.15, -0.1) is 0 Å². The highest BCUT2D eigenvalue weighted by Crippen LogP contribution is 2.73. The molecule has 5 aliphatic rings. The fraction of sp³-hybridized carbons (Fsp3) is 0.818. The Morgan fingerprint density at radius 3 is 2.72 bits per heavy atom. The Hall–Kier alpha value is -1.12. The van der Waals surface area contributed by atoms with Crippen molar-refractivity contribution in [2.45, 2.75) is 71.8 Å². The highest BCUT2D eigenvalue weighted by atomic mass is 16.5. The summed E-state index contributed by atoms with van der Waals surface area (Å²) in [5.74, 6) is 3.89. The molecule has 4 saturated carbocycles. The molecule has 0 unspecified atom stereocenters. The van der Waals surface area contributed by atoms with Crippen LogP contribution >= 0.6 is 0 Å². The number of esters is 1. The topological polar surface area (TPSA) is 43.4 Å². The molecule has 0 aromatic rings. The summed E-state index contributed by atoms with van der Waals surface area (Å²) in [6, 6.07) is 0. The zero-order valence-electron chi connectivity index (χ0n) is 15.7. The molecular weight excluding hydrogens is 312 g/mol. The summed E-state index contributed by atoms with van der Waals surface area (Å²) in [5.41, 5.74) is 1.92. The minimum absolute atomic E-state index is 0.117.